The maximum atomic E-state index is 6.30. The van der Waals surface area contributed by atoms with E-state index < -0.39 is 0 Å². The molecule has 0 amide bonds. The van der Waals surface area contributed by atoms with E-state index in [4.69, 9.17) is 19.4 Å². The van der Waals surface area contributed by atoms with Crippen molar-refractivity contribution in [2.45, 2.75) is 0 Å². The maximum Gasteiger partial charge on any atom is 0.164 e. The van der Waals surface area contributed by atoms with Crippen LogP contribution in [-0.4, -0.2) is 15.0 Å². The van der Waals surface area contributed by atoms with Crippen molar-refractivity contribution >= 4 is 85.8 Å². The van der Waals surface area contributed by atoms with Crippen molar-refractivity contribution in [3.63, 3.8) is 0 Å². The molecular weight excluding hydrogens is 703 g/mol. The van der Waals surface area contributed by atoms with Crippen molar-refractivity contribution in [2.75, 3.05) is 0 Å². The van der Waals surface area contributed by atoms with E-state index in [2.05, 4.69) is 164 Å². The molecule has 0 spiro atoms. The van der Waals surface area contributed by atoms with Crippen LogP contribution in [0.5, 0.6) is 0 Å². The Morgan fingerprint density at radius 1 is 0.339 bits per heavy atom. The molecule has 0 aliphatic rings. The maximum absolute atomic E-state index is 6.30. The van der Waals surface area contributed by atoms with Crippen LogP contribution in [0.1, 0.15) is 0 Å². The van der Waals surface area contributed by atoms with Crippen LogP contribution in [0, 0.1) is 0 Å². The monoisotopic (exact) mass is 731 g/mol. The van der Waals surface area contributed by atoms with Crippen LogP contribution in [0.15, 0.2) is 180 Å². The van der Waals surface area contributed by atoms with E-state index in [1.807, 2.05) is 12.1 Å². The molecule has 0 saturated carbocycles. The van der Waals surface area contributed by atoms with E-state index in [0.29, 0.717) is 17.5 Å². The molecule has 0 saturated heterocycles. The Morgan fingerprint density at radius 3 is 1.79 bits per heavy atom. The topological polar surface area (TPSA) is 51.8 Å². The van der Waals surface area contributed by atoms with Crippen LogP contribution >= 0.6 is 11.3 Å². The molecular formula is C51H29N3OS. The van der Waals surface area contributed by atoms with E-state index in [9.17, 15) is 0 Å². The molecule has 0 aliphatic carbocycles. The lowest BCUT2D eigenvalue weighted by atomic mass is 9.93. The molecule has 56 heavy (non-hydrogen) atoms. The normalized spacial score (nSPS) is 11.9. The van der Waals surface area contributed by atoms with Crippen molar-refractivity contribution in [2.24, 2.45) is 0 Å². The number of para-hydroxylation sites is 1. The third-order valence-corrected chi connectivity index (χ3v) is 12.3. The summed E-state index contributed by atoms with van der Waals surface area (Å²) in [5.41, 5.74) is 6.91. The average Bonchev–Trinajstić information content (AvgIpc) is 3.84. The van der Waals surface area contributed by atoms with Crippen molar-refractivity contribution in [1.82, 2.24) is 15.0 Å². The number of fused-ring (bicyclic) bond motifs is 10. The number of hydrogen-bond acceptors (Lipinski definition) is 5. The number of hydrogen-bond donors (Lipinski definition) is 0. The van der Waals surface area contributed by atoms with Gasteiger partial charge in [-0.15, -0.1) is 11.3 Å². The first-order chi connectivity index (χ1) is 27.7. The summed E-state index contributed by atoms with van der Waals surface area (Å²) in [4.78, 5) is 16.0. The summed E-state index contributed by atoms with van der Waals surface area (Å²) >= 11 is 1.80. The predicted molar refractivity (Wildman–Crippen MR) is 234 cm³/mol. The molecule has 260 valence electrons. The van der Waals surface area contributed by atoms with Crippen LogP contribution in [-0.2, 0) is 0 Å². The molecule has 0 bridgehead atoms. The van der Waals surface area contributed by atoms with Crippen LogP contribution in [0.25, 0.3) is 120 Å². The Balaban J connectivity index is 1.12. The second-order valence-electron chi connectivity index (χ2n) is 14.3. The van der Waals surface area contributed by atoms with E-state index in [1.165, 1.54) is 30.9 Å². The number of nitrogens with zero attached hydrogens (tertiary/aromatic N) is 3. The molecule has 3 aromatic heterocycles. The van der Waals surface area contributed by atoms with Gasteiger partial charge in [0, 0.05) is 47.6 Å². The molecule has 0 radical (unpaired) electrons. The highest BCUT2D eigenvalue weighted by Crippen LogP contribution is 2.42. The minimum Gasteiger partial charge on any atom is -0.456 e. The van der Waals surface area contributed by atoms with Crippen molar-refractivity contribution in [3.8, 4) is 45.3 Å². The number of furan rings is 1. The Hall–Kier alpha value is -7.21. The first kappa shape index (κ1) is 31.2. The number of rotatable bonds is 4. The zero-order chi connectivity index (χ0) is 36.7. The number of thiophene rings is 1. The lowest BCUT2D eigenvalue weighted by molar-refractivity contribution is 0.669. The van der Waals surface area contributed by atoms with E-state index in [-0.39, 0.29) is 0 Å². The van der Waals surface area contributed by atoms with Crippen LogP contribution in [0.4, 0.5) is 0 Å². The fourth-order valence-electron chi connectivity index (χ4n) is 8.59. The first-order valence-corrected chi connectivity index (χ1v) is 19.6. The molecule has 12 aromatic rings. The Labute approximate surface area is 325 Å². The summed E-state index contributed by atoms with van der Waals surface area (Å²) in [6.45, 7) is 0. The highest BCUT2D eigenvalue weighted by molar-refractivity contribution is 7.25. The van der Waals surface area contributed by atoms with Crippen LogP contribution < -0.4 is 0 Å². The molecule has 9 aromatic carbocycles. The van der Waals surface area contributed by atoms with Gasteiger partial charge in [0.25, 0.3) is 0 Å². The van der Waals surface area contributed by atoms with Crippen molar-refractivity contribution in [1.29, 1.82) is 0 Å². The Kier molecular flexibility index (Phi) is 6.76. The summed E-state index contributed by atoms with van der Waals surface area (Å²) < 4.78 is 8.78. The first-order valence-electron chi connectivity index (χ1n) is 18.8. The molecule has 0 unspecified atom stereocenters. The van der Waals surface area contributed by atoms with Crippen molar-refractivity contribution in [3.05, 3.63) is 176 Å². The van der Waals surface area contributed by atoms with Gasteiger partial charge in [0.2, 0.25) is 0 Å². The summed E-state index contributed by atoms with van der Waals surface area (Å²) in [6.07, 6.45) is 0. The summed E-state index contributed by atoms with van der Waals surface area (Å²) in [6, 6.07) is 62.1. The van der Waals surface area contributed by atoms with Crippen LogP contribution in [0.3, 0.4) is 0 Å². The van der Waals surface area contributed by atoms with E-state index in [1.54, 1.807) is 11.3 Å². The standard InChI is InChI=1S/C51H29N3OS/c1-2-13-32-30(12-1)28-43(37-15-4-3-14-33(32)37)51-53-49(31-26-27-39-38-16-6-8-25-46(38)56-47(39)29-31)52-50(54-51)41-22-10-18-34-35(19-9-20-36(34)41)40-21-11-24-45-48(40)42-17-5-7-23-44(42)55-45/h1-29H. The quantitative estimate of drug-likeness (QED) is 0.169. The Morgan fingerprint density at radius 2 is 0.911 bits per heavy atom. The van der Waals surface area contributed by atoms with Crippen molar-refractivity contribution < 1.29 is 4.42 Å². The van der Waals surface area contributed by atoms with Gasteiger partial charge in [-0.1, -0.05) is 146 Å². The third kappa shape index (κ3) is 4.75. The van der Waals surface area contributed by atoms with Gasteiger partial charge in [0.1, 0.15) is 11.2 Å². The van der Waals surface area contributed by atoms with Gasteiger partial charge in [-0.2, -0.15) is 0 Å². The minimum absolute atomic E-state index is 0.633. The second-order valence-corrected chi connectivity index (χ2v) is 15.4. The summed E-state index contributed by atoms with van der Waals surface area (Å²) in [5.74, 6) is 1.92. The molecule has 12 rings (SSSR count). The molecule has 0 N–H and O–H groups in total. The summed E-state index contributed by atoms with van der Waals surface area (Å²) in [5, 5.41) is 11.6. The fourth-order valence-corrected chi connectivity index (χ4v) is 9.73. The third-order valence-electron chi connectivity index (χ3n) is 11.1. The summed E-state index contributed by atoms with van der Waals surface area (Å²) in [7, 11) is 0. The number of benzene rings is 9. The van der Waals surface area contributed by atoms with Gasteiger partial charge in [-0.3, -0.25) is 0 Å². The van der Waals surface area contributed by atoms with Gasteiger partial charge < -0.3 is 4.42 Å². The van der Waals surface area contributed by atoms with Gasteiger partial charge in [0.15, 0.2) is 17.5 Å². The van der Waals surface area contributed by atoms with Gasteiger partial charge >= 0.3 is 0 Å². The van der Waals surface area contributed by atoms with Gasteiger partial charge in [-0.05, 0) is 73.8 Å². The largest absolute Gasteiger partial charge is 0.456 e. The second kappa shape index (κ2) is 12.2. The highest BCUT2D eigenvalue weighted by atomic mass is 32.1. The van der Waals surface area contributed by atoms with E-state index in [0.717, 1.165) is 71.3 Å². The zero-order valence-electron chi connectivity index (χ0n) is 29.9. The van der Waals surface area contributed by atoms with Gasteiger partial charge in [0.05, 0.1) is 0 Å². The van der Waals surface area contributed by atoms with Gasteiger partial charge in [-0.25, -0.2) is 15.0 Å². The zero-order valence-corrected chi connectivity index (χ0v) is 30.7. The molecule has 3 heterocycles. The Bertz CT molecular complexity index is 3560. The van der Waals surface area contributed by atoms with E-state index >= 15 is 0 Å². The number of aromatic nitrogens is 3. The predicted octanol–water partition coefficient (Wildman–Crippen LogP) is 14.3. The molecule has 5 heteroatoms. The smallest absolute Gasteiger partial charge is 0.164 e. The lowest BCUT2D eigenvalue weighted by Crippen LogP contribution is -2.01. The molecule has 0 fully saturated rings. The van der Waals surface area contributed by atoms with Crippen LogP contribution in [0.2, 0.25) is 0 Å². The molecule has 4 nitrogen and oxygen atoms in total. The fraction of sp³-hybridized carbons (Fsp3) is 0. The molecule has 0 atom stereocenters. The average molecular weight is 732 g/mol. The molecule has 0 aliphatic heterocycles. The minimum atomic E-state index is 0.633. The SMILES string of the molecule is c1ccc2c(c1)cc(-c1nc(-c3ccc4c(c3)sc3ccccc34)nc(-c3cccc4c(-c5cccc6oc7ccccc7c56)cccc34)n1)c1ccccc12. The lowest BCUT2D eigenvalue weighted by Gasteiger charge is -2.14. The highest BCUT2D eigenvalue weighted by Gasteiger charge is 2.20.